The third kappa shape index (κ3) is 3.53. The minimum Gasteiger partial charge on any atom is -0.273 e. The fourth-order valence-electron chi connectivity index (χ4n) is 4.78. The predicted molar refractivity (Wildman–Crippen MR) is 129 cm³/mol. The van der Waals surface area contributed by atoms with E-state index < -0.39 is 18.1 Å². The summed E-state index contributed by atoms with van der Waals surface area (Å²) in [5, 5.41) is 1.74. The van der Waals surface area contributed by atoms with Gasteiger partial charge in [0.05, 0.1) is 17.4 Å². The summed E-state index contributed by atoms with van der Waals surface area (Å²) in [6, 6.07) is 25.0. The minimum absolute atomic E-state index is 0.0210. The second-order valence-corrected chi connectivity index (χ2v) is 9.83. The summed E-state index contributed by atoms with van der Waals surface area (Å²) in [7, 11) is 0. The highest BCUT2D eigenvalue weighted by Gasteiger charge is 2.60. The first-order valence-corrected chi connectivity index (χ1v) is 11.3. The largest absolute Gasteiger partial charge is 0.273 e. The maximum absolute atomic E-state index is 13.7. The molecule has 5 nitrogen and oxygen atoms in total. The molecule has 0 aliphatic carbocycles. The number of carbonyl (C=O) groups is 2. The number of para-hydroxylation sites is 2. The average molecular weight is 441 g/mol. The number of fused-ring (bicyclic) bond motifs is 1. The number of nitrogens with zero attached hydrogens (tertiary/aromatic N) is 2. The zero-order valence-corrected chi connectivity index (χ0v) is 19.4. The molecule has 3 aromatic rings. The van der Waals surface area contributed by atoms with Crippen molar-refractivity contribution in [1.82, 2.24) is 0 Å². The molecule has 0 unspecified atom stereocenters. The van der Waals surface area contributed by atoms with Crippen molar-refractivity contribution in [2.24, 2.45) is 5.92 Å². The molecular weight excluding hydrogens is 412 g/mol. The highest BCUT2D eigenvalue weighted by Crippen LogP contribution is 2.48. The van der Waals surface area contributed by atoms with E-state index in [9.17, 15) is 9.59 Å². The molecule has 0 N–H and O–H groups in total. The molecule has 5 rings (SSSR count). The van der Waals surface area contributed by atoms with Gasteiger partial charge in [-0.05, 0) is 47.2 Å². The summed E-state index contributed by atoms with van der Waals surface area (Å²) in [6.45, 7) is 8.43. The fraction of sp³-hybridized carbons (Fsp3) is 0.286. The van der Waals surface area contributed by atoms with Crippen molar-refractivity contribution in [3.8, 4) is 0 Å². The van der Waals surface area contributed by atoms with Crippen molar-refractivity contribution in [3.63, 3.8) is 0 Å². The molecule has 2 heterocycles. The molecule has 168 valence electrons. The van der Waals surface area contributed by atoms with Gasteiger partial charge >= 0.3 is 0 Å². The lowest BCUT2D eigenvalue weighted by Crippen LogP contribution is -2.37. The summed E-state index contributed by atoms with van der Waals surface area (Å²) < 4.78 is 0. The van der Waals surface area contributed by atoms with Gasteiger partial charge in [0.1, 0.15) is 5.92 Å². The first-order chi connectivity index (χ1) is 15.8. The molecule has 2 amide bonds. The van der Waals surface area contributed by atoms with Gasteiger partial charge in [-0.1, -0.05) is 81.4 Å². The molecule has 33 heavy (non-hydrogen) atoms. The number of imide groups is 1. The first kappa shape index (κ1) is 21.4. The second-order valence-electron chi connectivity index (χ2n) is 9.83. The van der Waals surface area contributed by atoms with Crippen LogP contribution in [0.3, 0.4) is 0 Å². The van der Waals surface area contributed by atoms with E-state index in [1.54, 1.807) is 5.06 Å². The molecule has 2 fully saturated rings. The lowest BCUT2D eigenvalue weighted by molar-refractivity contribution is -0.126. The Morgan fingerprint density at radius 2 is 1.42 bits per heavy atom. The molecule has 3 aromatic carbocycles. The number of aryl methyl sites for hydroxylation is 1. The van der Waals surface area contributed by atoms with Crippen LogP contribution in [0.25, 0.3) is 0 Å². The summed E-state index contributed by atoms with van der Waals surface area (Å²) in [6.07, 6.45) is -0.857. The Morgan fingerprint density at radius 3 is 2.06 bits per heavy atom. The quantitative estimate of drug-likeness (QED) is 0.516. The summed E-state index contributed by atoms with van der Waals surface area (Å²) in [5.74, 6) is -1.16. The topological polar surface area (TPSA) is 49.9 Å². The number of carbonyl (C=O) groups excluding carboxylic acids is 2. The van der Waals surface area contributed by atoms with Gasteiger partial charge in [0.2, 0.25) is 5.91 Å². The smallest absolute Gasteiger partial charge is 0.266 e. The Bertz CT molecular complexity index is 1200. The molecule has 2 aliphatic heterocycles. The molecular formula is C28H28N2O3. The Morgan fingerprint density at radius 1 is 0.788 bits per heavy atom. The summed E-state index contributed by atoms with van der Waals surface area (Å²) in [5.41, 5.74) is 4.51. The van der Waals surface area contributed by atoms with E-state index in [1.807, 2.05) is 61.5 Å². The molecule has 0 bridgehead atoms. The van der Waals surface area contributed by atoms with E-state index in [4.69, 9.17) is 4.84 Å². The van der Waals surface area contributed by atoms with Gasteiger partial charge in [0.15, 0.2) is 6.10 Å². The number of rotatable bonds is 3. The molecule has 2 aliphatic rings. The summed E-state index contributed by atoms with van der Waals surface area (Å²) in [4.78, 5) is 34.7. The SMILES string of the molecule is Cc1ccccc1N1C(=O)[C@H]2[C@@H](c3ccc(C(C)(C)C)cc3)N(c3ccccc3)O[C@H]2C1=O. The van der Waals surface area contributed by atoms with E-state index >= 15 is 0 Å². The average Bonchev–Trinajstić information content (AvgIpc) is 3.31. The molecule has 0 aromatic heterocycles. The zero-order valence-electron chi connectivity index (χ0n) is 19.4. The van der Waals surface area contributed by atoms with Crippen molar-refractivity contribution < 1.29 is 14.4 Å². The van der Waals surface area contributed by atoms with Crippen molar-refractivity contribution in [2.75, 3.05) is 9.96 Å². The van der Waals surface area contributed by atoms with Crippen molar-refractivity contribution in [1.29, 1.82) is 0 Å². The number of hydroxylamine groups is 1. The van der Waals surface area contributed by atoms with Gasteiger partial charge in [-0.25, -0.2) is 9.96 Å². The van der Waals surface area contributed by atoms with Crippen LogP contribution in [0.5, 0.6) is 0 Å². The van der Waals surface area contributed by atoms with Crippen LogP contribution in [0.15, 0.2) is 78.9 Å². The van der Waals surface area contributed by atoms with Gasteiger partial charge in [-0.15, -0.1) is 0 Å². The highest BCUT2D eigenvalue weighted by atomic mass is 16.7. The Kier molecular flexibility index (Phi) is 5.09. The van der Waals surface area contributed by atoms with Gasteiger partial charge in [-0.3, -0.25) is 14.4 Å². The fourth-order valence-corrected chi connectivity index (χ4v) is 4.78. The van der Waals surface area contributed by atoms with Crippen LogP contribution < -0.4 is 9.96 Å². The Hall–Kier alpha value is -3.44. The minimum atomic E-state index is -0.857. The second kappa shape index (κ2) is 7.85. The van der Waals surface area contributed by atoms with E-state index in [1.165, 1.54) is 10.5 Å². The van der Waals surface area contributed by atoms with Crippen LogP contribution >= 0.6 is 0 Å². The standard InChI is InChI=1S/C28H28N2O3/c1-18-10-8-9-13-22(18)29-26(31)23-24(19-14-16-20(17-15-19)28(2,3)4)30(33-25(23)27(29)32)21-11-6-5-7-12-21/h5-17,23-25H,1-4H3/t23-,24+,25+/m0/s1. The number of amides is 2. The zero-order chi connectivity index (χ0) is 23.3. The molecule has 3 atom stereocenters. The third-order valence-corrected chi connectivity index (χ3v) is 6.60. The third-order valence-electron chi connectivity index (χ3n) is 6.60. The van der Waals surface area contributed by atoms with Gasteiger partial charge in [0.25, 0.3) is 5.91 Å². The van der Waals surface area contributed by atoms with Crippen LogP contribution in [-0.2, 0) is 19.8 Å². The molecule has 0 radical (unpaired) electrons. The number of hydrogen-bond acceptors (Lipinski definition) is 4. The summed E-state index contributed by atoms with van der Waals surface area (Å²) >= 11 is 0. The van der Waals surface area contributed by atoms with Gasteiger partial charge < -0.3 is 0 Å². The first-order valence-electron chi connectivity index (χ1n) is 11.3. The van der Waals surface area contributed by atoms with E-state index in [0.717, 1.165) is 16.8 Å². The maximum atomic E-state index is 13.7. The van der Waals surface area contributed by atoms with E-state index in [2.05, 4.69) is 45.0 Å². The van der Waals surface area contributed by atoms with Crippen molar-refractivity contribution in [3.05, 3.63) is 95.6 Å². The monoisotopic (exact) mass is 440 g/mol. The maximum Gasteiger partial charge on any atom is 0.266 e. The number of benzene rings is 3. The Balaban J connectivity index is 1.58. The lowest BCUT2D eigenvalue weighted by atomic mass is 9.84. The Labute approximate surface area is 194 Å². The van der Waals surface area contributed by atoms with Crippen molar-refractivity contribution >= 4 is 23.2 Å². The van der Waals surface area contributed by atoms with Gasteiger partial charge in [0, 0.05) is 0 Å². The number of hydrogen-bond donors (Lipinski definition) is 0. The van der Waals surface area contributed by atoms with Crippen LogP contribution in [0, 0.1) is 12.8 Å². The molecule has 5 heteroatoms. The van der Waals surface area contributed by atoms with Crippen LogP contribution in [-0.4, -0.2) is 17.9 Å². The van der Waals surface area contributed by atoms with E-state index in [0.29, 0.717) is 5.69 Å². The van der Waals surface area contributed by atoms with Crippen LogP contribution in [0.2, 0.25) is 0 Å². The van der Waals surface area contributed by atoms with E-state index in [-0.39, 0.29) is 17.2 Å². The van der Waals surface area contributed by atoms with Crippen LogP contribution in [0.4, 0.5) is 11.4 Å². The predicted octanol–water partition coefficient (Wildman–Crippen LogP) is 5.34. The molecule has 2 saturated heterocycles. The van der Waals surface area contributed by atoms with Crippen molar-refractivity contribution in [2.45, 2.75) is 45.3 Å². The highest BCUT2D eigenvalue weighted by molar-refractivity contribution is 6.24. The molecule has 0 saturated carbocycles. The van der Waals surface area contributed by atoms with Crippen LogP contribution in [0.1, 0.15) is 43.5 Å². The lowest BCUT2D eigenvalue weighted by Gasteiger charge is -2.29. The molecule has 0 spiro atoms. The van der Waals surface area contributed by atoms with Gasteiger partial charge in [-0.2, -0.15) is 0 Å². The normalized spacial score (nSPS) is 22.7. The number of anilines is 2.